The van der Waals surface area contributed by atoms with Crippen molar-refractivity contribution in [2.24, 2.45) is 0 Å². The SMILES string of the molecule is C[P+](c1ccccc1)(c1ccccc1)c1ccccc1-c1cccnc1.[Cl-]. The summed E-state index contributed by atoms with van der Waals surface area (Å²) in [6.07, 6.45) is 3.79. The Morgan fingerprint density at radius 2 is 1.19 bits per heavy atom. The van der Waals surface area contributed by atoms with Crippen LogP contribution in [-0.4, -0.2) is 11.6 Å². The molecule has 27 heavy (non-hydrogen) atoms. The summed E-state index contributed by atoms with van der Waals surface area (Å²) in [5, 5.41) is 4.18. The molecular formula is C24H21ClNP. The Bertz CT molecular complexity index is 949. The van der Waals surface area contributed by atoms with E-state index in [1.54, 1.807) is 0 Å². The Morgan fingerprint density at radius 3 is 1.74 bits per heavy atom. The largest absolute Gasteiger partial charge is 1.00 e. The molecule has 1 aromatic heterocycles. The molecule has 1 nitrogen and oxygen atoms in total. The van der Waals surface area contributed by atoms with Gasteiger partial charge in [0.2, 0.25) is 0 Å². The van der Waals surface area contributed by atoms with E-state index in [0.29, 0.717) is 0 Å². The normalized spacial score (nSPS) is 10.9. The summed E-state index contributed by atoms with van der Waals surface area (Å²) in [6.45, 7) is 2.42. The Labute approximate surface area is 167 Å². The molecule has 0 aliphatic heterocycles. The number of pyridine rings is 1. The molecule has 0 bridgehead atoms. The van der Waals surface area contributed by atoms with Crippen LogP contribution >= 0.6 is 7.26 Å². The second kappa shape index (κ2) is 8.48. The topological polar surface area (TPSA) is 12.9 Å². The van der Waals surface area contributed by atoms with E-state index >= 15 is 0 Å². The van der Waals surface area contributed by atoms with E-state index in [1.165, 1.54) is 27.0 Å². The standard InChI is InChI=1S/C24H21NP.ClH/c1-26(21-12-4-2-5-13-21,22-14-6-3-7-15-22)24-17-9-8-16-23(24)20-11-10-18-25-19-20;/h2-19H,1H3;1H/q+1;/p-1. The highest BCUT2D eigenvalue weighted by Crippen LogP contribution is 2.53. The molecule has 0 spiro atoms. The van der Waals surface area contributed by atoms with Gasteiger partial charge >= 0.3 is 0 Å². The first-order valence-corrected chi connectivity index (χ1v) is 11.0. The molecule has 0 atom stereocenters. The summed E-state index contributed by atoms with van der Waals surface area (Å²) < 4.78 is 0. The monoisotopic (exact) mass is 389 g/mol. The van der Waals surface area contributed by atoms with Crippen LogP contribution in [0.5, 0.6) is 0 Å². The van der Waals surface area contributed by atoms with Gasteiger partial charge in [-0.2, -0.15) is 0 Å². The van der Waals surface area contributed by atoms with Crippen molar-refractivity contribution >= 4 is 23.2 Å². The van der Waals surface area contributed by atoms with Crippen molar-refractivity contribution in [3.63, 3.8) is 0 Å². The maximum atomic E-state index is 4.34. The summed E-state index contributed by atoms with van der Waals surface area (Å²) in [6, 6.07) is 34.7. The lowest BCUT2D eigenvalue weighted by atomic mass is 10.1. The molecule has 0 saturated carbocycles. The van der Waals surface area contributed by atoms with E-state index in [2.05, 4.69) is 103 Å². The van der Waals surface area contributed by atoms with E-state index in [9.17, 15) is 0 Å². The summed E-state index contributed by atoms with van der Waals surface area (Å²) in [5.74, 6) is 0. The van der Waals surface area contributed by atoms with Crippen LogP contribution < -0.4 is 28.3 Å². The van der Waals surface area contributed by atoms with Crippen molar-refractivity contribution in [3.05, 3.63) is 109 Å². The smallest absolute Gasteiger partial charge is 0.112 e. The van der Waals surface area contributed by atoms with Gasteiger partial charge in [-0.25, -0.2) is 0 Å². The van der Waals surface area contributed by atoms with Crippen molar-refractivity contribution in [1.29, 1.82) is 0 Å². The van der Waals surface area contributed by atoms with Gasteiger partial charge < -0.3 is 12.4 Å². The maximum Gasteiger partial charge on any atom is 0.112 e. The molecule has 4 rings (SSSR count). The van der Waals surface area contributed by atoms with Crippen LogP contribution in [0.3, 0.4) is 0 Å². The lowest BCUT2D eigenvalue weighted by Gasteiger charge is -2.25. The van der Waals surface area contributed by atoms with Crippen molar-refractivity contribution in [1.82, 2.24) is 4.98 Å². The van der Waals surface area contributed by atoms with Gasteiger partial charge in [-0.05, 0) is 36.4 Å². The second-order valence-corrected chi connectivity index (χ2v) is 9.96. The number of halogens is 1. The minimum absolute atomic E-state index is 0. The molecule has 0 radical (unpaired) electrons. The number of aromatic nitrogens is 1. The molecule has 3 aromatic carbocycles. The van der Waals surface area contributed by atoms with Crippen LogP contribution in [0, 0.1) is 0 Å². The predicted molar refractivity (Wildman–Crippen MR) is 114 cm³/mol. The number of hydrogen-bond donors (Lipinski definition) is 0. The zero-order valence-corrected chi connectivity index (χ0v) is 16.8. The molecule has 3 heteroatoms. The number of rotatable bonds is 4. The van der Waals surface area contributed by atoms with Crippen LogP contribution in [-0.2, 0) is 0 Å². The van der Waals surface area contributed by atoms with Gasteiger partial charge in [0.05, 0.1) is 6.66 Å². The molecule has 0 N–H and O–H groups in total. The van der Waals surface area contributed by atoms with Crippen molar-refractivity contribution in [2.45, 2.75) is 0 Å². The van der Waals surface area contributed by atoms with Crippen LogP contribution in [0.15, 0.2) is 109 Å². The summed E-state index contributed by atoms with van der Waals surface area (Å²) >= 11 is 0. The Balaban J connectivity index is 0.00000210. The van der Waals surface area contributed by atoms with Gasteiger partial charge in [-0.15, -0.1) is 0 Å². The molecule has 1 heterocycles. The first-order chi connectivity index (χ1) is 12.8. The quantitative estimate of drug-likeness (QED) is 0.484. The molecule has 0 aliphatic rings. The summed E-state index contributed by atoms with van der Waals surface area (Å²) in [7, 11) is -1.76. The molecule has 4 aromatic rings. The molecular weight excluding hydrogens is 369 g/mol. The van der Waals surface area contributed by atoms with E-state index in [0.717, 1.165) is 0 Å². The van der Waals surface area contributed by atoms with Gasteiger partial charge in [-0.1, -0.05) is 60.7 Å². The number of nitrogens with zero attached hydrogens (tertiary/aromatic N) is 1. The van der Waals surface area contributed by atoms with Crippen molar-refractivity contribution in [2.75, 3.05) is 6.66 Å². The zero-order valence-electron chi connectivity index (χ0n) is 15.2. The van der Waals surface area contributed by atoms with E-state index in [-0.39, 0.29) is 12.4 Å². The van der Waals surface area contributed by atoms with Gasteiger partial charge in [0.1, 0.15) is 23.2 Å². The molecule has 0 unspecified atom stereocenters. The molecule has 0 aliphatic carbocycles. The fourth-order valence-corrected chi connectivity index (χ4v) is 6.97. The number of hydrogen-bond acceptors (Lipinski definition) is 1. The highest BCUT2D eigenvalue weighted by molar-refractivity contribution is 7.95. The highest BCUT2D eigenvalue weighted by atomic mass is 35.5. The third-order valence-electron chi connectivity index (χ3n) is 4.90. The van der Waals surface area contributed by atoms with Crippen LogP contribution in [0.25, 0.3) is 11.1 Å². The fraction of sp³-hybridized carbons (Fsp3) is 0.0417. The Morgan fingerprint density at radius 1 is 0.630 bits per heavy atom. The van der Waals surface area contributed by atoms with E-state index in [4.69, 9.17) is 0 Å². The lowest BCUT2D eigenvalue weighted by Crippen LogP contribution is -3.00. The molecule has 134 valence electrons. The zero-order chi connectivity index (χ0) is 17.8. The van der Waals surface area contributed by atoms with Crippen LogP contribution in [0.1, 0.15) is 0 Å². The average molecular weight is 390 g/mol. The van der Waals surface area contributed by atoms with Crippen molar-refractivity contribution < 1.29 is 12.4 Å². The van der Waals surface area contributed by atoms with Crippen LogP contribution in [0.2, 0.25) is 0 Å². The molecule has 0 saturated heterocycles. The summed E-state index contributed by atoms with van der Waals surface area (Å²) in [4.78, 5) is 4.34. The van der Waals surface area contributed by atoms with E-state index < -0.39 is 7.26 Å². The third kappa shape index (κ3) is 3.67. The lowest BCUT2D eigenvalue weighted by molar-refractivity contribution is -0.00000508. The second-order valence-electron chi connectivity index (χ2n) is 6.44. The maximum absolute atomic E-state index is 4.34. The van der Waals surface area contributed by atoms with E-state index in [1.807, 2.05) is 18.5 Å². The van der Waals surface area contributed by atoms with Crippen LogP contribution in [0.4, 0.5) is 0 Å². The summed E-state index contributed by atoms with van der Waals surface area (Å²) in [5.41, 5.74) is 2.44. The minimum atomic E-state index is -1.76. The number of benzene rings is 3. The Kier molecular flexibility index (Phi) is 6.06. The average Bonchev–Trinajstić information content (AvgIpc) is 2.75. The predicted octanol–water partition coefficient (Wildman–Crippen LogP) is 1.68. The van der Waals surface area contributed by atoms with Gasteiger partial charge in [0.25, 0.3) is 0 Å². The fourth-order valence-electron chi connectivity index (χ4n) is 3.51. The first kappa shape index (κ1) is 19.3. The molecule has 0 amide bonds. The minimum Gasteiger partial charge on any atom is -1.00 e. The van der Waals surface area contributed by atoms with Gasteiger partial charge in [0.15, 0.2) is 0 Å². The van der Waals surface area contributed by atoms with Gasteiger partial charge in [0, 0.05) is 23.5 Å². The highest BCUT2D eigenvalue weighted by Gasteiger charge is 2.41. The Hall–Kier alpha value is -2.47. The van der Waals surface area contributed by atoms with Crippen molar-refractivity contribution in [3.8, 4) is 11.1 Å². The third-order valence-corrected chi connectivity index (χ3v) is 8.92. The van der Waals surface area contributed by atoms with Gasteiger partial charge in [-0.3, -0.25) is 4.98 Å². The molecule has 0 fully saturated rings. The first-order valence-electron chi connectivity index (χ1n) is 8.78.